The van der Waals surface area contributed by atoms with Crippen LogP contribution in [0.15, 0.2) is 36.2 Å². The summed E-state index contributed by atoms with van der Waals surface area (Å²) >= 11 is 0. The summed E-state index contributed by atoms with van der Waals surface area (Å²) in [5.41, 5.74) is 1.25. The van der Waals surface area contributed by atoms with Gasteiger partial charge in [-0.25, -0.2) is 4.79 Å². The smallest absolute Gasteiger partial charge is 0.346 e. The van der Waals surface area contributed by atoms with Crippen LogP contribution >= 0.6 is 0 Å². The molecule has 0 amide bonds. The molecule has 0 aromatic heterocycles. The predicted octanol–water partition coefficient (Wildman–Crippen LogP) is 1.09. The molecule has 1 aromatic rings. The zero-order valence-electron chi connectivity index (χ0n) is 7.77. The molecule has 4 nitrogen and oxygen atoms in total. The molecule has 2 heterocycles. The fourth-order valence-corrected chi connectivity index (χ4v) is 1.82. The summed E-state index contributed by atoms with van der Waals surface area (Å²) in [4.78, 5) is 24.5. The Labute approximate surface area is 85.8 Å². The average Bonchev–Trinajstić information content (AvgIpc) is 2.59. The van der Waals surface area contributed by atoms with Crippen molar-refractivity contribution in [3.63, 3.8) is 0 Å². The molecule has 1 aromatic carbocycles. The van der Waals surface area contributed by atoms with E-state index >= 15 is 0 Å². The van der Waals surface area contributed by atoms with Crippen molar-refractivity contribution in [2.24, 2.45) is 0 Å². The Hall–Kier alpha value is -2.10. The van der Waals surface area contributed by atoms with Gasteiger partial charge >= 0.3 is 5.97 Å². The van der Waals surface area contributed by atoms with E-state index in [0.717, 1.165) is 5.69 Å². The van der Waals surface area contributed by atoms with Crippen molar-refractivity contribution in [2.75, 3.05) is 11.4 Å². The Morgan fingerprint density at radius 2 is 2.00 bits per heavy atom. The molecule has 0 radical (unpaired) electrons. The summed E-state index contributed by atoms with van der Waals surface area (Å²) in [6.45, 7) is 0.250. The lowest BCUT2D eigenvalue weighted by molar-refractivity contribution is -0.112. The standard InChI is InChI=1S/C11H7NO3/c13-7-5-10-12(6-7)9-4-2-1-3-8(9)11(14)15-10/h1-5H,6H2. The molecule has 0 spiro atoms. The molecular weight excluding hydrogens is 194 g/mol. The number of carbonyl (C=O) groups is 2. The highest BCUT2D eigenvalue weighted by molar-refractivity contribution is 6.05. The first-order valence-electron chi connectivity index (χ1n) is 4.59. The highest BCUT2D eigenvalue weighted by Crippen LogP contribution is 2.32. The van der Waals surface area contributed by atoms with Gasteiger partial charge in [-0.15, -0.1) is 0 Å². The first kappa shape index (κ1) is 8.23. The average molecular weight is 201 g/mol. The molecule has 0 atom stereocenters. The van der Waals surface area contributed by atoms with E-state index in [1.54, 1.807) is 17.0 Å². The van der Waals surface area contributed by atoms with Gasteiger partial charge in [0.2, 0.25) is 5.88 Å². The summed E-state index contributed by atoms with van der Waals surface area (Å²) in [6.07, 6.45) is 1.36. The summed E-state index contributed by atoms with van der Waals surface area (Å²) < 4.78 is 5.03. The van der Waals surface area contributed by atoms with E-state index in [1.807, 2.05) is 12.1 Å². The fraction of sp³-hybridized carbons (Fsp3) is 0.0909. The van der Waals surface area contributed by atoms with Gasteiger partial charge in [0.05, 0.1) is 17.8 Å². The van der Waals surface area contributed by atoms with Crippen molar-refractivity contribution in [3.05, 3.63) is 41.8 Å². The second-order valence-corrected chi connectivity index (χ2v) is 3.44. The molecule has 0 unspecified atom stereocenters. The molecular formula is C11H7NO3. The second-order valence-electron chi connectivity index (χ2n) is 3.44. The Morgan fingerprint density at radius 1 is 1.20 bits per heavy atom. The first-order valence-corrected chi connectivity index (χ1v) is 4.59. The van der Waals surface area contributed by atoms with Gasteiger partial charge in [0.25, 0.3) is 0 Å². The van der Waals surface area contributed by atoms with E-state index in [2.05, 4.69) is 0 Å². The number of nitrogens with zero attached hydrogens (tertiary/aromatic N) is 1. The second kappa shape index (κ2) is 2.70. The Kier molecular flexibility index (Phi) is 1.48. The number of benzene rings is 1. The largest absolute Gasteiger partial charge is 0.405 e. The molecule has 0 aliphatic carbocycles. The van der Waals surface area contributed by atoms with Crippen molar-refractivity contribution in [1.82, 2.24) is 0 Å². The van der Waals surface area contributed by atoms with E-state index < -0.39 is 5.97 Å². The number of rotatable bonds is 0. The zero-order valence-corrected chi connectivity index (χ0v) is 7.77. The quantitative estimate of drug-likeness (QED) is 0.589. The van der Waals surface area contributed by atoms with Crippen LogP contribution in [0.3, 0.4) is 0 Å². The summed E-state index contributed by atoms with van der Waals surface area (Å²) in [6, 6.07) is 7.10. The van der Waals surface area contributed by atoms with Gasteiger partial charge in [0, 0.05) is 6.08 Å². The monoisotopic (exact) mass is 201 g/mol. The van der Waals surface area contributed by atoms with Crippen LogP contribution < -0.4 is 4.90 Å². The lowest BCUT2D eigenvalue weighted by Crippen LogP contribution is -2.30. The first-order chi connectivity index (χ1) is 7.25. The van der Waals surface area contributed by atoms with Crippen LogP contribution in [-0.4, -0.2) is 18.3 Å². The zero-order chi connectivity index (χ0) is 10.4. The van der Waals surface area contributed by atoms with Crippen LogP contribution in [0, 0.1) is 0 Å². The molecule has 15 heavy (non-hydrogen) atoms. The number of esters is 1. The van der Waals surface area contributed by atoms with Gasteiger partial charge < -0.3 is 9.64 Å². The van der Waals surface area contributed by atoms with Crippen LogP contribution in [0.5, 0.6) is 0 Å². The van der Waals surface area contributed by atoms with E-state index in [0.29, 0.717) is 11.4 Å². The van der Waals surface area contributed by atoms with Gasteiger partial charge in [-0.2, -0.15) is 0 Å². The minimum Gasteiger partial charge on any atom is -0.405 e. The van der Waals surface area contributed by atoms with Crippen molar-refractivity contribution < 1.29 is 14.3 Å². The summed E-state index contributed by atoms with van der Waals surface area (Å²) in [5.74, 6) is -0.110. The predicted molar refractivity (Wildman–Crippen MR) is 52.3 cm³/mol. The van der Waals surface area contributed by atoms with Crippen LogP contribution in [0.2, 0.25) is 0 Å². The molecule has 0 saturated carbocycles. The van der Waals surface area contributed by atoms with Crippen molar-refractivity contribution in [1.29, 1.82) is 0 Å². The maximum absolute atomic E-state index is 11.5. The fourth-order valence-electron chi connectivity index (χ4n) is 1.82. The third-order valence-corrected chi connectivity index (χ3v) is 2.48. The van der Waals surface area contributed by atoms with Gasteiger partial charge in [-0.1, -0.05) is 12.1 Å². The number of para-hydroxylation sites is 1. The SMILES string of the molecule is O=C1C=C2OC(=O)c3ccccc3N2C1. The number of anilines is 1. The molecule has 2 aliphatic heterocycles. The summed E-state index contributed by atoms with van der Waals surface area (Å²) in [5, 5.41) is 0. The maximum atomic E-state index is 11.5. The number of carbonyl (C=O) groups excluding carboxylic acids is 2. The van der Waals surface area contributed by atoms with Crippen molar-refractivity contribution in [2.45, 2.75) is 0 Å². The van der Waals surface area contributed by atoms with Gasteiger partial charge in [-0.3, -0.25) is 4.79 Å². The molecule has 0 bridgehead atoms. The van der Waals surface area contributed by atoms with Gasteiger partial charge in [0.1, 0.15) is 0 Å². The van der Waals surface area contributed by atoms with Crippen molar-refractivity contribution >= 4 is 17.4 Å². The highest BCUT2D eigenvalue weighted by atomic mass is 16.6. The van der Waals surface area contributed by atoms with Crippen LogP contribution in [0.25, 0.3) is 0 Å². The number of ketones is 1. The number of hydrogen-bond acceptors (Lipinski definition) is 4. The minimum atomic E-state index is -0.400. The molecule has 74 valence electrons. The number of ether oxygens (including phenoxy) is 1. The highest BCUT2D eigenvalue weighted by Gasteiger charge is 2.33. The van der Waals surface area contributed by atoms with Crippen LogP contribution in [0.4, 0.5) is 5.69 Å². The Balaban J connectivity index is 2.19. The van der Waals surface area contributed by atoms with Crippen molar-refractivity contribution in [3.8, 4) is 0 Å². The van der Waals surface area contributed by atoms with Crippen LogP contribution in [0.1, 0.15) is 10.4 Å². The van der Waals surface area contributed by atoms with Crippen LogP contribution in [-0.2, 0) is 9.53 Å². The summed E-state index contributed by atoms with van der Waals surface area (Å²) in [7, 11) is 0. The lowest BCUT2D eigenvalue weighted by Gasteiger charge is -2.27. The maximum Gasteiger partial charge on any atom is 0.346 e. The van der Waals surface area contributed by atoms with E-state index in [4.69, 9.17) is 4.74 Å². The minimum absolute atomic E-state index is 0.0468. The molecule has 2 aliphatic rings. The van der Waals surface area contributed by atoms with Gasteiger partial charge in [-0.05, 0) is 12.1 Å². The molecule has 3 rings (SSSR count). The third kappa shape index (κ3) is 1.08. The third-order valence-electron chi connectivity index (χ3n) is 2.48. The Bertz CT molecular complexity index is 504. The number of fused-ring (bicyclic) bond motifs is 3. The topological polar surface area (TPSA) is 46.6 Å². The van der Waals surface area contributed by atoms with E-state index in [-0.39, 0.29) is 12.3 Å². The Morgan fingerprint density at radius 3 is 2.87 bits per heavy atom. The van der Waals surface area contributed by atoms with E-state index in [9.17, 15) is 9.59 Å². The molecule has 4 heteroatoms. The number of hydrogen-bond donors (Lipinski definition) is 0. The normalized spacial score (nSPS) is 18.1. The molecule has 0 saturated heterocycles. The van der Waals surface area contributed by atoms with E-state index in [1.165, 1.54) is 6.08 Å². The lowest BCUT2D eigenvalue weighted by atomic mass is 10.1. The van der Waals surface area contributed by atoms with Gasteiger partial charge in [0.15, 0.2) is 5.78 Å². The molecule has 0 N–H and O–H groups in total. The molecule has 0 fully saturated rings.